The molecule has 0 radical (unpaired) electrons. The molecule has 1 aromatic heterocycles. The van der Waals surface area contributed by atoms with Crippen LogP contribution in [0.25, 0.3) is 6.08 Å². The highest BCUT2D eigenvalue weighted by Gasteiger charge is 2.43. The minimum absolute atomic E-state index is 0.0216. The van der Waals surface area contributed by atoms with E-state index in [9.17, 15) is 14.7 Å². The molecule has 2 aromatic rings. The van der Waals surface area contributed by atoms with Gasteiger partial charge < -0.3 is 33.5 Å². The van der Waals surface area contributed by atoms with Gasteiger partial charge in [0.25, 0.3) is 5.91 Å². The molecule has 1 amide bonds. The Bertz CT molecular complexity index is 1080. The number of nitrogens with zero attached hydrogens (tertiary/aromatic N) is 2. The van der Waals surface area contributed by atoms with Gasteiger partial charge in [0.15, 0.2) is 23.0 Å². The lowest BCUT2D eigenvalue weighted by Gasteiger charge is -2.29. The van der Waals surface area contributed by atoms with Crippen molar-refractivity contribution in [1.29, 1.82) is 0 Å². The van der Waals surface area contributed by atoms with Crippen LogP contribution in [0.2, 0.25) is 0 Å². The zero-order valence-electron chi connectivity index (χ0n) is 20.7. The van der Waals surface area contributed by atoms with E-state index in [1.165, 1.54) is 44.6 Å². The Balaban J connectivity index is 2.09. The minimum Gasteiger partial charge on any atom is -0.503 e. The van der Waals surface area contributed by atoms with Crippen molar-refractivity contribution in [3.8, 4) is 17.2 Å². The van der Waals surface area contributed by atoms with Crippen LogP contribution >= 0.6 is 0 Å². The summed E-state index contributed by atoms with van der Waals surface area (Å²) in [4.78, 5) is 30.1. The van der Waals surface area contributed by atoms with Crippen molar-refractivity contribution in [2.75, 3.05) is 47.5 Å². The van der Waals surface area contributed by atoms with Crippen LogP contribution in [0, 0.1) is 0 Å². The quantitative estimate of drug-likeness (QED) is 0.456. The van der Waals surface area contributed by atoms with E-state index in [4.69, 9.17) is 18.6 Å². The van der Waals surface area contributed by atoms with Gasteiger partial charge in [-0.25, -0.2) is 0 Å². The molecule has 2 heterocycles. The van der Waals surface area contributed by atoms with E-state index >= 15 is 0 Å². The standard InChI is InChI=1S/C26H32N2O7/c1-6-27(7-2)12-13-28-23(17-15-20(32-3)25(34-5)21(16-17)33-4)22(24(30)26(28)31)19(29)11-10-18-9-8-14-35-18/h8-11,14-16,23,30H,6-7,12-13H2,1-5H3/b11-10+. The molecule has 9 heteroatoms. The summed E-state index contributed by atoms with van der Waals surface area (Å²) in [6, 6.07) is 5.93. The Morgan fingerprint density at radius 1 is 1.14 bits per heavy atom. The summed E-state index contributed by atoms with van der Waals surface area (Å²) in [5, 5.41) is 10.8. The Morgan fingerprint density at radius 2 is 1.80 bits per heavy atom. The molecule has 1 atom stereocenters. The molecule has 3 rings (SSSR count). The third-order valence-electron chi connectivity index (χ3n) is 6.07. The number of hydrogen-bond donors (Lipinski definition) is 1. The molecule has 1 aliphatic rings. The maximum absolute atomic E-state index is 13.3. The first-order valence-corrected chi connectivity index (χ1v) is 11.4. The number of amides is 1. The summed E-state index contributed by atoms with van der Waals surface area (Å²) in [7, 11) is 4.48. The van der Waals surface area contributed by atoms with Crippen molar-refractivity contribution < 1.29 is 33.3 Å². The van der Waals surface area contributed by atoms with Gasteiger partial charge in [0.05, 0.1) is 39.2 Å². The van der Waals surface area contributed by atoms with Crippen LogP contribution in [0.3, 0.4) is 0 Å². The van der Waals surface area contributed by atoms with Gasteiger partial charge >= 0.3 is 0 Å². The van der Waals surface area contributed by atoms with E-state index in [0.29, 0.717) is 41.7 Å². The lowest BCUT2D eigenvalue weighted by molar-refractivity contribution is -0.129. The van der Waals surface area contributed by atoms with Crippen LogP contribution in [-0.2, 0) is 9.59 Å². The predicted molar refractivity (Wildman–Crippen MR) is 131 cm³/mol. The fourth-order valence-corrected chi connectivity index (χ4v) is 4.16. The van der Waals surface area contributed by atoms with Crippen molar-refractivity contribution in [3.05, 3.63) is 59.3 Å². The molecule has 188 valence electrons. The number of benzene rings is 1. The summed E-state index contributed by atoms with van der Waals surface area (Å²) in [5.74, 6) is -0.0638. The van der Waals surface area contributed by atoms with Gasteiger partial charge in [0.1, 0.15) is 5.76 Å². The number of likely N-dealkylation sites (N-methyl/N-ethyl adjacent to an activating group) is 1. The molecule has 35 heavy (non-hydrogen) atoms. The average Bonchev–Trinajstić information content (AvgIpc) is 3.49. The van der Waals surface area contributed by atoms with Gasteiger partial charge in [-0.3, -0.25) is 9.59 Å². The highest BCUT2D eigenvalue weighted by Crippen LogP contribution is 2.45. The first-order chi connectivity index (χ1) is 16.9. The normalized spacial score (nSPS) is 16.0. The van der Waals surface area contributed by atoms with Crippen LogP contribution in [0.5, 0.6) is 17.2 Å². The molecule has 0 saturated heterocycles. The number of ether oxygens (including phenoxy) is 3. The van der Waals surface area contributed by atoms with Crippen LogP contribution in [-0.4, -0.2) is 74.1 Å². The van der Waals surface area contributed by atoms with E-state index in [-0.39, 0.29) is 5.57 Å². The highest BCUT2D eigenvalue weighted by molar-refractivity contribution is 6.14. The topological polar surface area (TPSA) is 102 Å². The molecular formula is C26H32N2O7. The maximum atomic E-state index is 13.3. The van der Waals surface area contributed by atoms with Crippen LogP contribution in [0.4, 0.5) is 0 Å². The van der Waals surface area contributed by atoms with Gasteiger partial charge in [-0.1, -0.05) is 13.8 Å². The Hall–Kier alpha value is -3.72. The molecule has 0 bridgehead atoms. The van der Waals surface area contributed by atoms with Crippen molar-refractivity contribution >= 4 is 17.8 Å². The fourth-order valence-electron chi connectivity index (χ4n) is 4.16. The number of aliphatic hydroxyl groups is 1. The first-order valence-electron chi connectivity index (χ1n) is 11.4. The zero-order valence-corrected chi connectivity index (χ0v) is 20.7. The molecule has 1 aromatic carbocycles. The summed E-state index contributed by atoms with van der Waals surface area (Å²) in [5.41, 5.74) is 0.526. The second-order valence-corrected chi connectivity index (χ2v) is 7.86. The summed E-state index contributed by atoms with van der Waals surface area (Å²) >= 11 is 0. The number of rotatable bonds is 12. The molecule has 0 fully saturated rings. The molecule has 0 saturated carbocycles. The van der Waals surface area contributed by atoms with Crippen LogP contribution in [0.1, 0.15) is 31.2 Å². The number of ketones is 1. The van der Waals surface area contributed by atoms with Crippen molar-refractivity contribution in [3.63, 3.8) is 0 Å². The molecule has 1 aliphatic heterocycles. The number of aliphatic hydroxyl groups excluding tert-OH is 1. The summed E-state index contributed by atoms with van der Waals surface area (Å²) in [6.07, 6.45) is 4.28. The van der Waals surface area contributed by atoms with Crippen LogP contribution < -0.4 is 14.2 Å². The van der Waals surface area contributed by atoms with Gasteiger partial charge in [-0.15, -0.1) is 0 Å². The number of furan rings is 1. The van der Waals surface area contributed by atoms with Gasteiger partial charge in [-0.2, -0.15) is 0 Å². The molecule has 0 aliphatic carbocycles. The molecule has 9 nitrogen and oxygen atoms in total. The number of methoxy groups -OCH3 is 3. The summed E-state index contributed by atoms with van der Waals surface area (Å²) < 4.78 is 21.6. The molecular weight excluding hydrogens is 452 g/mol. The van der Waals surface area contributed by atoms with Gasteiger partial charge in [-0.05, 0) is 55.1 Å². The number of hydrogen-bond acceptors (Lipinski definition) is 8. The molecule has 0 spiro atoms. The predicted octanol–water partition coefficient (Wildman–Crippen LogP) is 3.63. The average molecular weight is 485 g/mol. The lowest BCUT2D eigenvalue weighted by Crippen LogP contribution is -2.38. The SMILES string of the molecule is CCN(CC)CCN1C(=O)C(O)=C(C(=O)/C=C/c2ccco2)C1c1cc(OC)c(OC)c(OC)c1. The first kappa shape index (κ1) is 25.9. The zero-order chi connectivity index (χ0) is 25.5. The molecule has 1 N–H and O–H groups in total. The maximum Gasteiger partial charge on any atom is 0.290 e. The van der Waals surface area contributed by atoms with E-state index in [1.54, 1.807) is 24.3 Å². The Morgan fingerprint density at radius 3 is 2.31 bits per heavy atom. The van der Waals surface area contributed by atoms with E-state index in [0.717, 1.165) is 13.1 Å². The third kappa shape index (κ3) is 5.35. The Kier molecular flexibility index (Phi) is 8.59. The minimum atomic E-state index is -0.847. The van der Waals surface area contributed by atoms with E-state index < -0.39 is 23.5 Å². The van der Waals surface area contributed by atoms with Crippen LogP contribution in [0.15, 0.2) is 52.4 Å². The Labute approximate surface area is 205 Å². The largest absolute Gasteiger partial charge is 0.503 e. The van der Waals surface area contributed by atoms with Crippen molar-refractivity contribution in [2.24, 2.45) is 0 Å². The lowest BCUT2D eigenvalue weighted by atomic mass is 9.95. The fraction of sp³-hybridized carbons (Fsp3) is 0.385. The molecule has 1 unspecified atom stereocenters. The number of carbonyl (C=O) groups excluding carboxylic acids is 2. The monoisotopic (exact) mass is 484 g/mol. The number of carbonyl (C=O) groups is 2. The van der Waals surface area contributed by atoms with Gasteiger partial charge in [0.2, 0.25) is 5.75 Å². The smallest absolute Gasteiger partial charge is 0.290 e. The van der Waals surface area contributed by atoms with Crippen molar-refractivity contribution in [2.45, 2.75) is 19.9 Å². The highest BCUT2D eigenvalue weighted by atomic mass is 16.5. The summed E-state index contributed by atoms with van der Waals surface area (Å²) in [6.45, 7) is 6.59. The third-order valence-corrected chi connectivity index (χ3v) is 6.07. The van der Waals surface area contributed by atoms with E-state index in [1.807, 2.05) is 13.8 Å². The van der Waals surface area contributed by atoms with E-state index in [2.05, 4.69) is 4.90 Å². The second kappa shape index (κ2) is 11.6. The second-order valence-electron chi connectivity index (χ2n) is 7.86. The van der Waals surface area contributed by atoms with Gasteiger partial charge in [0, 0.05) is 13.1 Å². The number of allylic oxidation sites excluding steroid dienone is 1. The van der Waals surface area contributed by atoms with Crippen molar-refractivity contribution in [1.82, 2.24) is 9.80 Å².